The van der Waals surface area contributed by atoms with Gasteiger partial charge in [0.2, 0.25) is 10.0 Å². The van der Waals surface area contributed by atoms with Crippen molar-refractivity contribution in [3.8, 4) is 11.5 Å². The fraction of sp³-hybridized carbons (Fsp3) is 0.529. The van der Waals surface area contributed by atoms with Gasteiger partial charge < -0.3 is 9.84 Å². The second kappa shape index (κ2) is 8.24. The smallest absolute Gasteiger partial charge is 0.258 e. The Morgan fingerprint density at radius 1 is 1.37 bits per heavy atom. The van der Waals surface area contributed by atoms with Crippen molar-refractivity contribution < 1.29 is 12.9 Å². The van der Waals surface area contributed by atoms with Crippen molar-refractivity contribution in [1.29, 1.82) is 0 Å². The van der Waals surface area contributed by atoms with Crippen molar-refractivity contribution in [2.75, 3.05) is 33.2 Å². The van der Waals surface area contributed by atoms with E-state index in [1.807, 2.05) is 7.05 Å². The van der Waals surface area contributed by atoms with E-state index in [0.29, 0.717) is 29.7 Å². The van der Waals surface area contributed by atoms with Crippen LogP contribution in [0.3, 0.4) is 0 Å². The average molecular weight is 414 g/mol. The Morgan fingerprint density at radius 2 is 2.19 bits per heavy atom. The van der Waals surface area contributed by atoms with Crippen molar-refractivity contribution in [3.05, 3.63) is 30.1 Å². The molecule has 0 spiro atoms. The molecule has 2 heterocycles. The van der Waals surface area contributed by atoms with Crippen molar-refractivity contribution >= 4 is 22.4 Å². The van der Waals surface area contributed by atoms with Gasteiger partial charge in [0.25, 0.3) is 5.89 Å². The van der Waals surface area contributed by atoms with E-state index in [2.05, 4.69) is 25.1 Å². The van der Waals surface area contributed by atoms with Crippen LogP contribution >= 0.6 is 12.4 Å². The molecule has 1 unspecified atom stereocenters. The Kier molecular flexibility index (Phi) is 6.17. The van der Waals surface area contributed by atoms with Crippen molar-refractivity contribution in [2.24, 2.45) is 5.92 Å². The maximum absolute atomic E-state index is 12.5. The lowest BCUT2D eigenvalue weighted by molar-refractivity contribution is 0.190. The van der Waals surface area contributed by atoms with Gasteiger partial charge in [-0.05, 0) is 44.0 Å². The summed E-state index contributed by atoms with van der Waals surface area (Å²) in [5.74, 6) is 1.42. The van der Waals surface area contributed by atoms with Gasteiger partial charge in [0.15, 0.2) is 5.82 Å². The maximum atomic E-state index is 12.5. The number of nitrogens with zero attached hydrogens (tertiary/aromatic N) is 3. The Labute approximate surface area is 165 Å². The molecule has 8 nitrogen and oxygen atoms in total. The first kappa shape index (κ1) is 20.2. The van der Waals surface area contributed by atoms with E-state index in [0.717, 1.165) is 32.5 Å². The summed E-state index contributed by atoms with van der Waals surface area (Å²) in [7, 11) is -1.50. The predicted molar refractivity (Wildman–Crippen MR) is 103 cm³/mol. The predicted octanol–water partition coefficient (Wildman–Crippen LogP) is 1.42. The average Bonchev–Trinajstić information content (AvgIpc) is 3.35. The number of nitrogens with one attached hydrogen (secondary N) is 2. The number of benzene rings is 1. The minimum Gasteiger partial charge on any atom is -0.334 e. The molecule has 27 heavy (non-hydrogen) atoms. The lowest BCUT2D eigenvalue weighted by Gasteiger charge is -2.30. The second-order valence-corrected chi connectivity index (χ2v) is 8.75. The summed E-state index contributed by atoms with van der Waals surface area (Å²) >= 11 is 0. The third-order valence-corrected chi connectivity index (χ3v) is 6.32. The Hall–Kier alpha value is -1.52. The highest BCUT2D eigenvalue weighted by molar-refractivity contribution is 7.89. The van der Waals surface area contributed by atoms with Crippen LogP contribution in [0.25, 0.3) is 11.5 Å². The minimum absolute atomic E-state index is 0. The molecule has 2 fully saturated rings. The third-order valence-electron chi connectivity index (χ3n) is 4.90. The summed E-state index contributed by atoms with van der Waals surface area (Å²) in [5, 5.41) is 7.41. The van der Waals surface area contributed by atoms with E-state index in [1.165, 1.54) is 0 Å². The summed E-state index contributed by atoms with van der Waals surface area (Å²) in [6.07, 6.45) is 2.19. The van der Waals surface area contributed by atoms with E-state index in [4.69, 9.17) is 4.52 Å². The minimum atomic E-state index is -3.53. The quantitative estimate of drug-likeness (QED) is 0.738. The maximum Gasteiger partial charge on any atom is 0.258 e. The first-order valence-corrected chi connectivity index (χ1v) is 10.4. The topological polar surface area (TPSA) is 100 Å². The van der Waals surface area contributed by atoms with Crippen LogP contribution in [0.5, 0.6) is 0 Å². The summed E-state index contributed by atoms with van der Waals surface area (Å²) in [4.78, 5) is 6.88. The molecular formula is C17H24ClN5O3S. The standard InChI is InChI=1S/C17H23N5O3S.ClH/c1-22-8-7-18-11-15(22)16-20-17(25-21-16)13-3-2-4-14(9-13)26(23,24)19-10-12-5-6-12;/h2-4,9,12,15,18-19H,5-8,10-11H2,1H3;1H. The fourth-order valence-electron chi connectivity index (χ4n) is 3.01. The van der Waals surface area contributed by atoms with Gasteiger partial charge in [-0.2, -0.15) is 4.98 Å². The van der Waals surface area contributed by atoms with E-state index in [1.54, 1.807) is 24.3 Å². The van der Waals surface area contributed by atoms with Gasteiger partial charge in [-0.25, -0.2) is 13.1 Å². The van der Waals surface area contributed by atoms with Gasteiger partial charge in [0, 0.05) is 31.7 Å². The molecule has 2 N–H and O–H groups in total. The molecule has 0 radical (unpaired) electrons. The normalized spacial score (nSPS) is 21.0. The molecule has 1 aromatic heterocycles. The molecule has 1 aromatic carbocycles. The van der Waals surface area contributed by atoms with Crippen LogP contribution in [0, 0.1) is 5.92 Å². The number of piperazine rings is 1. The van der Waals surface area contributed by atoms with Gasteiger partial charge in [-0.15, -0.1) is 12.4 Å². The van der Waals surface area contributed by atoms with Crippen LogP contribution in [-0.4, -0.2) is 56.7 Å². The zero-order valence-corrected chi connectivity index (χ0v) is 16.7. The highest BCUT2D eigenvalue weighted by Gasteiger charge is 2.27. The SMILES string of the molecule is CN1CCNCC1c1noc(-c2cccc(S(=O)(=O)NCC3CC3)c2)n1.Cl. The molecule has 1 aliphatic carbocycles. The first-order valence-electron chi connectivity index (χ1n) is 8.87. The molecule has 10 heteroatoms. The van der Waals surface area contributed by atoms with Gasteiger partial charge >= 0.3 is 0 Å². The van der Waals surface area contributed by atoms with E-state index in [-0.39, 0.29) is 23.3 Å². The number of sulfonamides is 1. The molecule has 1 atom stereocenters. The van der Waals surface area contributed by atoms with E-state index >= 15 is 0 Å². The zero-order chi connectivity index (χ0) is 18.1. The first-order chi connectivity index (χ1) is 12.5. The van der Waals surface area contributed by atoms with Crippen molar-refractivity contribution in [2.45, 2.75) is 23.8 Å². The van der Waals surface area contributed by atoms with Crippen LogP contribution in [0.15, 0.2) is 33.7 Å². The van der Waals surface area contributed by atoms with Crippen LogP contribution in [0.4, 0.5) is 0 Å². The number of hydrogen-bond acceptors (Lipinski definition) is 7. The van der Waals surface area contributed by atoms with Gasteiger partial charge in [0.05, 0.1) is 10.9 Å². The number of hydrogen-bond donors (Lipinski definition) is 2. The van der Waals surface area contributed by atoms with Crippen LogP contribution < -0.4 is 10.0 Å². The summed E-state index contributed by atoms with van der Waals surface area (Å²) in [6, 6.07) is 6.68. The molecule has 4 rings (SSSR count). The summed E-state index contributed by atoms with van der Waals surface area (Å²) in [6.45, 7) is 3.10. The van der Waals surface area contributed by atoms with Gasteiger partial charge in [0.1, 0.15) is 0 Å². The molecule has 148 valence electrons. The Morgan fingerprint density at radius 3 is 2.93 bits per heavy atom. The Bertz CT molecular complexity index is 884. The second-order valence-electron chi connectivity index (χ2n) is 6.98. The number of aromatic nitrogens is 2. The van der Waals surface area contributed by atoms with Gasteiger partial charge in [-0.3, -0.25) is 4.90 Å². The largest absolute Gasteiger partial charge is 0.334 e. The lowest BCUT2D eigenvalue weighted by Crippen LogP contribution is -2.44. The summed E-state index contributed by atoms with van der Waals surface area (Å²) in [5.41, 5.74) is 0.601. The number of halogens is 1. The van der Waals surface area contributed by atoms with E-state index < -0.39 is 10.0 Å². The number of rotatable bonds is 6. The molecule has 0 bridgehead atoms. The third kappa shape index (κ3) is 4.67. The molecular weight excluding hydrogens is 390 g/mol. The fourth-order valence-corrected chi connectivity index (χ4v) is 4.17. The summed E-state index contributed by atoms with van der Waals surface area (Å²) < 4.78 is 33.0. The molecule has 2 aliphatic rings. The Balaban J connectivity index is 0.00000210. The van der Waals surface area contributed by atoms with Crippen LogP contribution in [0.1, 0.15) is 24.7 Å². The van der Waals surface area contributed by atoms with Crippen LogP contribution in [-0.2, 0) is 10.0 Å². The highest BCUT2D eigenvalue weighted by atomic mass is 35.5. The molecule has 1 saturated carbocycles. The molecule has 2 aromatic rings. The highest BCUT2D eigenvalue weighted by Crippen LogP contribution is 2.29. The lowest BCUT2D eigenvalue weighted by atomic mass is 10.2. The van der Waals surface area contributed by atoms with Gasteiger partial charge in [-0.1, -0.05) is 11.2 Å². The number of likely N-dealkylation sites (N-methyl/N-ethyl adjacent to an activating group) is 1. The zero-order valence-electron chi connectivity index (χ0n) is 15.1. The molecule has 0 amide bonds. The molecule has 1 aliphatic heterocycles. The monoisotopic (exact) mass is 413 g/mol. The molecule has 1 saturated heterocycles. The van der Waals surface area contributed by atoms with Crippen molar-refractivity contribution in [3.63, 3.8) is 0 Å². The van der Waals surface area contributed by atoms with Crippen molar-refractivity contribution in [1.82, 2.24) is 25.1 Å². The van der Waals surface area contributed by atoms with E-state index in [9.17, 15) is 8.42 Å². The van der Waals surface area contributed by atoms with Crippen LogP contribution in [0.2, 0.25) is 0 Å².